The Morgan fingerprint density at radius 2 is 1.96 bits per heavy atom. The van der Waals surface area contributed by atoms with E-state index in [1.54, 1.807) is 19.1 Å². The van der Waals surface area contributed by atoms with Gasteiger partial charge >= 0.3 is 6.18 Å². The molecule has 1 aromatic carbocycles. The number of hydrogen-bond acceptors (Lipinski definition) is 4. The summed E-state index contributed by atoms with van der Waals surface area (Å²) in [4.78, 5) is 32.5. The largest absolute Gasteiger partial charge is 0.433 e. The number of carbonyl (C=O) groups is 1. The molecule has 3 aromatic rings. The van der Waals surface area contributed by atoms with E-state index in [4.69, 9.17) is 0 Å². The van der Waals surface area contributed by atoms with E-state index in [1.165, 1.54) is 0 Å². The lowest BCUT2D eigenvalue weighted by atomic mass is 10.1. The summed E-state index contributed by atoms with van der Waals surface area (Å²) in [6, 6.07) is 7.64. The maximum absolute atomic E-state index is 12.7. The van der Waals surface area contributed by atoms with E-state index in [0.717, 1.165) is 22.7 Å². The molecule has 25 heavy (non-hydrogen) atoms. The van der Waals surface area contributed by atoms with Crippen LogP contribution in [0, 0.1) is 6.92 Å². The van der Waals surface area contributed by atoms with Gasteiger partial charge in [0.25, 0.3) is 5.56 Å². The fraction of sp³-hybridized carbons (Fsp3) is 0.188. The number of benzene rings is 1. The second-order valence-corrected chi connectivity index (χ2v) is 6.28. The standard InChI is InChI=1S/C16H12F3N3O2S/c1-8-14(9-4-2-3-5-10(9)20-8)11(23)7-25-15-21-12(16(17,18)19)6-13(24)22-15/h2-6,20H,7H2,1H3,(H,21,22,24). The van der Waals surface area contributed by atoms with Gasteiger partial charge in [0.15, 0.2) is 16.6 Å². The lowest BCUT2D eigenvalue weighted by Crippen LogP contribution is -2.17. The van der Waals surface area contributed by atoms with E-state index in [-0.39, 0.29) is 16.7 Å². The Morgan fingerprint density at radius 3 is 2.68 bits per heavy atom. The minimum atomic E-state index is -4.72. The van der Waals surface area contributed by atoms with Crippen molar-refractivity contribution in [3.63, 3.8) is 0 Å². The minimum absolute atomic E-state index is 0.146. The van der Waals surface area contributed by atoms with Crippen LogP contribution in [0.1, 0.15) is 21.7 Å². The maximum atomic E-state index is 12.7. The molecule has 5 nitrogen and oxygen atoms in total. The Balaban J connectivity index is 1.84. The highest BCUT2D eigenvalue weighted by Crippen LogP contribution is 2.28. The smallest absolute Gasteiger partial charge is 0.358 e. The van der Waals surface area contributed by atoms with Gasteiger partial charge in [-0.05, 0) is 13.0 Å². The normalized spacial score (nSPS) is 11.8. The van der Waals surface area contributed by atoms with Gasteiger partial charge in [0, 0.05) is 28.2 Å². The van der Waals surface area contributed by atoms with Crippen molar-refractivity contribution in [1.29, 1.82) is 0 Å². The summed E-state index contributed by atoms with van der Waals surface area (Å²) in [5, 5.41) is 0.502. The Labute approximate surface area is 143 Å². The van der Waals surface area contributed by atoms with Crippen molar-refractivity contribution in [2.45, 2.75) is 18.3 Å². The second kappa shape index (κ2) is 6.40. The van der Waals surface area contributed by atoms with E-state index < -0.39 is 17.4 Å². The molecular formula is C16H12F3N3O2S. The number of aromatic amines is 2. The first-order chi connectivity index (χ1) is 11.8. The van der Waals surface area contributed by atoms with Crippen LogP contribution in [0.25, 0.3) is 10.9 Å². The van der Waals surface area contributed by atoms with Crippen LogP contribution in [0.3, 0.4) is 0 Å². The molecule has 0 aliphatic heterocycles. The van der Waals surface area contributed by atoms with Gasteiger partial charge in [-0.1, -0.05) is 30.0 Å². The molecule has 0 atom stereocenters. The summed E-state index contributed by atoms with van der Waals surface area (Å²) in [5.74, 6) is -0.410. The van der Waals surface area contributed by atoms with Crippen LogP contribution < -0.4 is 5.56 Å². The van der Waals surface area contributed by atoms with Gasteiger partial charge in [-0.25, -0.2) is 4.98 Å². The Kier molecular flexibility index (Phi) is 4.42. The van der Waals surface area contributed by atoms with Crippen LogP contribution in [0.5, 0.6) is 0 Å². The first-order valence-corrected chi connectivity index (χ1v) is 8.16. The molecule has 0 amide bonds. The van der Waals surface area contributed by atoms with Gasteiger partial charge in [-0.2, -0.15) is 13.2 Å². The number of aryl methyl sites for hydroxylation is 1. The fourth-order valence-corrected chi connectivity index (χ4v) is 3.24. The molecule has 0 saturated heterocycles. The van der Waals surface area contributed by atoms with Gasteiger partial charge in [-0.3, -0.25) is 9.59 Å². The van der Waals surface area contributed by atoms with E-state index in [1.807, 2.05) is 12.1 Å². The van der Waals surface area contributed by atoms with Gasteiger partial charge < -0.3 is 9.97 Å². The molecule has 0 fully saturated rings. The summed E-state index contributed by atoms with van der Waals surface area (Å²) in [7, 11) is 0. The van der Waals surface area contributed by atoms with Crippen molar-refractivity contribution in [1.82, 2.24) is 15.0 Å². The van der Waals surface area contributed by atoms with Crippen molar-refractivity contribution in [3.8, 4) is 0 Å². The number of Topliss-reactive ketones (excluding diaryl/α,β-unsaturated/α-hetero) is 1. The van der Waals surface area contributed by atoms with Crippen molar-refractivity contribution in [2.75, 3.05) is 5.75 Å². The summed E-state index contributed by atoms with van der Waals surface area (Å²) >= 11 is 0.758. The zero-order valence-corrected chi connectivity index (χ0v) is 13.7. The zero-order valence-electron chi connectivity index (χ0n) is 12.9. The molecule has 2 N–H and O–H groups in total. The van der Waals surface area contributed by atoms with Gasteiger partial charge in [0.2, 0.25) is 0 Å². The molecule has 9 heteroatoms. The molecule has 3 rings (SSSR count). The lowest BCUT2D eigenvalue weighted by molar-refractivity contribution is -0.141. The summed E-state index contributed by atoms with van der Waals surface area (Å²) in [6.07, 6.45) is -4.72. The van der Waals surface area contributed by atoms with E-state index in [0.29, 0.717) is 17.3 Å². The third-order valence-electron chi connectivity index (χ3n) is 3.52. The van der Waals surface area contributed by atoms with Crippen molar-refractivity contribution in [3.05, 3.63) is 57.6 Å². The van der Waals surface area contributed by atoms with Gasteiger partial charge in [0.05, 0.1) is 5.75 Å². The molecule has 0 radical (unpaired) electrons. The summed E-state index contributed by atoms with van der Waals surface area (Å²) < 4.78 is 38.1. The van der Waals surface area contributed by atoms with Crippen LogP contribution in [-0.4, -0.2) is 26.5 Å². The third-order valence-corrected chi connectivity index (χ3v) is 4.40. The fourth-order valence-electron chi connectivity index (χ4n) is 2.49. The second-order valence-electron chi connectivity index (χ2n) is 5.32. The van der Waals surface area contributed by atoms with Crippen LogP contribution in [0.15, 0.2) is 40.3 Å². The van der Waals surface area contributed by atoms with Crippen molar-refractivity contribution in [2.24, 2.45) is 0 Å². The molecule has 0 unspecified atom stereocenters. The number of rotatable bonds is 4. The number of nitrogens with zero attached hydrogens (tertiary/aromatic N) is 1. The van der Waals surface area contributed by atoms with E-state index >= 15 is 0 Å². The molecular weight excluding hydrogens is 355 g/mol. The first kappa shape index (κ1) is 17.3. The molecule has 0 spiro atoms. The number of fused-ring (bicyclic) bond motifs is 1. The highest BCUT2D eigenvalue weighted by Gasteiger charge is 2.33. The molecule has 0 bridgehead atoms. The van der Waals surface area contributed by atoms with Crippen LogP contribution in [-0.2, 0) is 6.18 Å². The average molecular weight is 367 g/mol. The predicted octanol–water partition coefficient (Wildman–Crippen LogP) is 3.55. The minimum Gasteiger partial charge on any atom is -0.358 e. The Bertz CT molecular complexity index is 1010. The number of para-hydroxylation sites is 1. The Hall–Kier alpha value is -2.55. The highest BCUT2D eigenvalue weighted by molar-refractivity contribution is 7.99. The van der Waals surface area contributed by atoms with Crippen LogP contribution in [0.2, 0.25) is 0 Å². The number of thioether (sulfide) groups is 1. The number of aromatic nitrogens is 3. The molecule has 0 saturated carbocycles. The molecule has 130 valence electrons. The summed E-state index contributed by atoms with van der Waals surface area (Å²) in [6.45, 7) is 1.75. The Morgan fingerprint density at radius 1 is 1.24 bits per heavy atom. The molecule has 2 aromatic heterocycles. The first-order valence-electron chi connectivity index (χ1n) is 7.17. The lowest BCUT2D eigenvalue weighted by Gasteiger charge is -2.07. The number of hydrogen-bond donors (Lipinski definition) is 2. The maximum Gasteiger partial charge on any atom is 0.433 e. The third kappa shape index (κ3) is 3.60. The van der Waals surface area contributed by atoms with Gasteiger partial charge in [0.1, 0.15) is 0 Å². The average Bonchev–Trinajstić information content (AvgIpc) is 2.87. The quantitative estimate of drug-likeness (QED) is 0.420. The van der Waals surface area contributed by atoms with Gasteiger partial charge in [-0.15, -0.1) is 0 Å². The van der Waals surface area contributed by atoms with Crippen molar-refractivity contribution >= 4 is 28.4 Å². The summed E-state index contributed by atoms with van der Waals surface area (Å²) in [5.41, 5.74) is -0.233. The number of nitrogens with one attached hydrogen (secondary N) is 2. The predicted molar refractivity (Wildman–Crippen MR) is 87.9 cm³/mol. The zero-order chi connectivity index (χ0) is 18.2. The van der Waals surface area contributed by atoms with Crippen molar-refractivity contribution < 1.29 is 18.0 Å². The van der Waals surface area contributed by atoms with Crippen LogP contribution >= 0.6 is 11.8 Å². The molecule has 0 aliphatic carbocycles. The number of ketones is 1. The van der Waals surface area contributed by atoms with E-state index in [2.05, 4.69) is 15.0 Å². The number of halogens is 3. The monoisotopic (exact) mass is 367 g/mol. The molecule has 0 aliphatic rings. The van der Waals surface area contributed by atoms with E-state index in [9.17, 15) is 22.8 Å². The number of H-pyrrole nitrogens is 2. The highest BCUT2D eigenvalue weighted by atomic mass is 32.2. The SMILES string of the molecule is Cc1[nH]c2ccccc2c1C(=O)CSc1nc(C(F)(F)F)cc(=O)[nH]1. The topological polar surface area (TPSA) is 78.6 Å². The number of alkyl halides is 3. The van der Waals surface area contributed by atoms with Crippen LogP contribution in [0.4, 0.5) is 13.2 Å². The molecule has 2 heterocycles. The number of carbonyl (C=O) groups excluding carboxylic acids is 1.